The van der Waals surface area contributed by atoms with Crippen molar-refractivity contribution in [2.45, 2.75) is 105 Å². The monoisotopic (exact) mass is 452 g/mol. The molecule has 0 fully saturated rings. The summed E-state index contributed by atoms with van der Waals surface area (Å²) < 4.78 is 44.2. The molecule has 0 amide bonds. The molecule has 0 N–H and O–H groups in total. The second-order valence-corrected chi connectivity index (χ2v) is 10.00. The zero-order valence-electron chi connectivity index (χ0n) is 20.8. The van der Waals surface area contributed by atoms with Crippen LogP contribution in [0.3, 0.4) is 0 Å². The Bertz CT molecular complexity index is 374. The zero-order chi connectivity index (χ0) is 22.9. The minimum atomic E-state index is -3.53. The van der Waals surface area contributed by atoms with Gasteiger partial charge in [0.15, 0.2) is 6.29 Å². The summed E-state index contributed by atoms with van der Waals surface area (Å²) in [4.78, 5) is 0. The molecule has 3 unspecified atom stereocenters. The summed E-state index contributed by atoms with van der Waals surface area (Å²) in [5.41, 5.74) is -1.33. The van der Waals surface area contributed by atoms with Crippen LogP contribution in [0.4, 0.5) is 0 Å². The maximum atomic E-state index is 6.57. The van der Waals surface area contributed by atoms with Gasteiger partial charge in [0, 0.05) is 40.1 Å². The standard InChI is InChI=1S/C22H48O7Si/c1-9-15-24-20(7)22(25-16-10-2,29-21(14-6)23-8)30(26-17-11-3,27-18-12-4)28-19-13-5/h20-21H,9-19H2,1-8H3. The first-order valence-corrected chi connectivity index (χ1v) is 13.6. The summed E-state index contributed by atoms with van der Waals surface area (Å²) in [5.74, 6) is 0. The molecule has 3 atom stereocenters. The molecule has 0 bridgehead atoms. The molecule has 0 aliphatic heterocycles. The van der Waals surface area contributed by atoms with Gasteiger partial charge in [-0.25, -0.2) is 0 Å². The number of hydrogen-bond acceptors (Lipinski definition) is 7. The van der Waals surface area contributed by atoms with Gasteiger partial charge in [0.2, 0.25) is 0 Å². The van der Waals surface area contributed by atoms with Gasteiger partial charge in [0.25, 0.3) is 5.41 Å². The predicted molar refractivity (Wildman–Crippen MR) is 121 cm³/mol. The average Bonchev–Trinajstić information content (AvgIpc) is 2.77. The summed E-state index contributed by atoms with van der Waals surface area (Å²) >= 11 is 0. The van der Waals surface area contributed by atoms with E-state index in [1.165, 1.54) is 0 Å². The van der Waals surface area contributed by atoms with Crippen LogP contribution in [-0.2, 0) is 32.2 Å². The third-order valence-corrected chi connectivity index (χ3v) is 7.72. The Hall–Kier alpha value is -0.0631. The van der Waals surface area contributed by atoms with Crippen molar-refractivity contribution in [2.24, 2.45) is 0 Å². The van der Waals surface area contributed by atoms with E-state index in [1.807, 2.05) is 13.8 Å². The van der Waals surface area contributed by atoms with E-state index in [9.17, 15) is 0 Å². The van der Waals surface area contributed by atoms with Crippen LogP contribution in [0.2, 0.25) is 0 Å². The van der Waals surface area contributed by atoms with Gasteiger partial charge >= 0.3 is 8.80 Å². The molecule has 30 heavy (non-hydrogen) atoms. The van der Waals surface area contributed by atoms with E-state index in [-0.39, 0.29) is 0 Å². The highest BCUT2D eigenvalue weighted by molar-refractivity contribution is 6.63. The topological polar surface area (TPSA) is 64.6 Å². The second-order valence-electron chi connectivity index (χ2n) is 7.32. The van der Waals surface area contributed by atoms with Gasteiger partial charge in [0.05, 0.1) is 0 Å². The Kier molecular flexibility index (Phi) is 17.5. The Morgan fingerprint density at radius 1 is 0.700 bits per heavy atom. The molecule has 0 heterocycles. The van der Waals surface area contributed by atoms with Gasteiger partial charge in [-0.2, -0.15) is 0 Å². The summed E-state index contributed by atoms with van der Waals surface area (Å²) in [6, 6.07) is 0. The molecule has 0 radical (unpaired) electrons. The molecule has 7 nitrogen and oxygen atoms in total. The van der Waals surface area contributed by atoms with Gasteiger partial charge in [-0.3, -0.25) is 0 Å². The molecule has 0 saturated carbocycles. The van der Waals surface area contributed by atoms with Gasteiger partial charge in [0.1, 0.15) is 6.10 Å². The summed E-state index contributed by atoms with van der Waals surface area (Å²) in [6.45, 7) is 16.8. The lowest BCUT2D eigenvalue weighted by atomic mass is 10.3. The quantitative estimate of drug-likeness (QED) is 0.178. The van der Waals surface area contributed by atoms with Crippen LogP contribution in [0.15, 0.2) is 0 Å². The highest BCUT2D eigenvalue weighted by atomic mass is 28.4. The van der Waals surface area contributed by atoms with Crippen molar-refractivity contribution in [3.8, 4) is 0 Å². The van der Waals surface area contributed by atoms with Crippen molar-refractivity contribution in [3.05, 3.63) is 0 Å². The van der Waals surface area contributed by atoms with Crippen molar-refractivity contribution >= 4 is 8.80 Å². The molecule has 0 saturated heterocycles. The first-order chi connectivity index (χ1) is 14.5. The molecule has 0 aromatic carbocycles. The third kappa shape index (κ3) is 8.82. The van der Waals surface area contributed by atoms with Gasteiger partial charge in [-0.15, -0.1) is 0 Å². The SMILES string of the molecule is CCCOC(C)C(OCCC)(OC(CC)OC)[Si](OCCC)(OCCC)OCCC. The zero-order valence-corrected chi connectivity index (χ0v) is 21.8. The number of ether oxygens (including phenoxy) is 4. The number of hydrogen-bond donors (Lipinski definition) is 0. The molecule has 0 aromatic heterocycles. The van der Waals surface area contributed by atoms with E-state index < -0.39 is 26.6 Å². The lowest BCUT2D eigenvalue weighted by molar-refractivity contribution is -0.324. The minimum Gasteiger partial charge on any atom is -0.373 e. The molecule has 0 rings (SSSR count). The molecular formula is C22H48O7Si. The molecule has 0 aliphatic carbocycles. The second kappa shape index (κ2) is 17.5. The van der Waals surface area contributed by atoms with E-state index in [4.69, 9.17) is 32.2 Å². The first-order valence-electron chi connectivity index (χ1n) is 11.8. The molecule has 0 spiro atoms. The largest absolute Gasteiger partial charge is 0.566 e. The lowest BCUT2D eigenvalue weighted by Gasteiger charge is -2.48. The maximum absolute atomic E-state index is 6.57. The maximum Gasteiger partial charge on any atom is 0.566 e. The predicted octanol–water partition coefficient (Wildman–Crippen LogP) is 5.08. The average molecular weight is 453 g/mol. The van der Waals surface area contributed by atoms with Crippen LogP contribution in [0.1, 0.15) is 87.0 Å². The number of methoxy groups -OCH3 is 1. The van der Waals surface area contributed by atoms with Crippen LogP contribution < -0.4 is 0 Å². The highest BCUT2D eigenvalue weighted by Gasteiger charge is 2.69. The molecule has 8 heteroatoms. The van der Waals surface area contributed by atoms with Crippen LogP contribution >= 0.6 is 0 Å². The van der Waals surface area contributed by atoms with Crippen LogP contribution in [-0.4, -0.2) is 66.8 Å². The first kappa shape index (κ1) is 29.9. The summed E-state index contributed by atoms with van der Waals surface area (Å²) in [5, 5.41) is 0. The molecular weight excluding hydrogens is 404 g/mol. The minimum absolute atomic E-state index is 0.467. The third-order valence-electron chi connectivity index (χ3n) is 4.45. The molecule has 0 aromatic rings. The van der Waals surface area contributed by atoms with Crippen molar-refractivity contribution in [1.29, 1.82) is 0 Å². The van der Waals surface area contributed by atoms with Crippen molar-refractivity contribution < 1.29 is 32.2 Å². The Morgan fingerprint density at radius 2 is 1.17 bits per heavy atom. The fraction of sp³-hybridized carbons (Fsp3) is 1.00. The normalized spacial score (nSPS) is 16.4. The highest BCUT2D eigenvalue weighted by Crippen LogP contribution is 2.37. The van der Waals surface area contributed by atoms with Crippen LogP contribution in [0, 0.1) is 0 Å². The van der Waals surface area contributed by atoms with E-state index in [0.717, 1.165) is 32.1 Å². The van der Waals surface area contributed by atoms with E-state index in [0.29, 0.717) is 39.5 Å². The van der Waals surface area contributed by atoms with E-state index in [1.54, 1.807) is 7.11 Å². The van der Waals surface area contributed by atoms with Crippen molar-refractivity contribution in [3.63, 3.8) is 0 Å². The van der Waals surface area contributed by atoms with Gasteiger partial charge in [-0.1, -0.05) is 41.5 Å². The van der Waals surface area contributed by atoms with Crippen LogP contribution in [0.25, 0.3) is 0 Å². The smallest absolute Gasteiger partial charge is 0.373 e. The van der Waals surface area contributed by atoms with E-state index in [2.05, 4.69) is 34.6 Å². The Morgan fingerprint density at radius 3 is 1.53 bits per heavy atom. The van der Waals surface area contributed by atoms with Gasteiger partial charge in [-0.05, 0) is 45.4 Å². The summed E-state index contributed by atoms with van der Waals surface area (Å²) in [7, 11) is -1.90. The Balaban J connectivity index is 6.54. The number of rotatable bonds is 21. The Labute approximate surface area is 186 Å². The summed E-state index contributed by atoms with van der Waals surface area (Å²) in [6.07, 6.45) is 3.86. The van der Waals surface area contributed by atoms with Crippen LogP contribution in [0.5, 0.6) is 0 Å². The molecule has 182 valence electrons. The lowest BCUT2D eigenvalue weighted by Crippen LogP contribution is -2.73. The molecule has 0 aliphatic rings. The van der Waals surface area contributed by atoms with Gasteiger partial charge < -0.3 is 32.2 Å². The van der Waals surface area contributed by atoms with Crippen molar-refractivity contribution in [2.75, 3.05) is 40.1 Å². The van der Waals surface area contributed by atoms with Crippen molar-refractivity contribution in [1.82, 2.24) is 0 Å². The fourth-order valence-electron chi connectivity index (χ4n) is 2.94. The van der Waals surface area contributed by atoms with E-state index >= 15 is 0 Å². The fourth-order valence-corrected chi connectivity index (χ4v) is 6.35.